The summed E-state index contributed by atoms with van der Waals surface area (Å²) >= 11 is 0. The SMILES string of the molecule is CC(C)=C(F)C(=O)N1CCC([C@H]2OCC[C@@H]2C(N)=O)CC1. The lowest BCUT2D eigenvalue weighted by atomic mass is 9.84. The topological polar surface area (TPSA) is 72.6 Å². The monoisotopic (exact) mass is 298 g/mol. The molecule has 0 aliphatic carbocycles. The van der Waals surface area contributed by atoms with Gasteiger partial charge in [-0.05, 0) is 44.6 Å². The van der Waals surface area contributed by atoms with Crippen molar-refractivity contribution in [3.05, 3.63) is 11.4 Å². The van der Waals surface area contributed by atoms with E-state index in [4.69, 9.17) is 10.5 Å². The molecule has 118 valence electrons. The molecule has 5 nitrogen and oxygen atoms in total. The van der Waals surface area contributed by atoms with E-state index >= 15 is 0 Å². The van der Waals surface area contributed by atoms with Gasteiger partial charge in [-0.2, -0.15) is 0 Å². The Morgan fingerprint density at radius 3 is 2.33 bits per heavy atom. The number of hydrogen-bond donors (Lipinski definition) is 1. The molecule has 6 heteroatoms. The van der Waals surface area contributed by atoms with Gasteiger partial charge in [-0.25, -0.2) is 4.39 Å². The van der Waals surface area contributed by atoms with Crippen molar-refractivity contribution in [3.63, 3.8) is 0 Å². The molecule has 0 saturated carbocycles. The summed E-state index contributed by atoms with van der Waals surface area (Å²) in [4.78, 5) is 24.9. The lowest BCUT2D eigenvalue weighted by molar-refractivity contribution is -0.132. The quantitative estimate of drug-likeness (QED) is 0.800. The summed E-state index contributed by atoms with van der Waals surface area (Å²) in [5.74, 6) is -1.53. The lowest BCUT2D eigenvalue weighted by Gasteiger charge is -2.35. The minimum absolute atomic E-state index is 0.145. The van der Waals surface area contributed by atoms with Gasteiger partial charge in [0.2, 0.25) is 5.91 Å². The maximum atomic E-state index is 13.7. The van der Waals surface area contributed by atoms with E-state index in [0.717, 1.165) is 12.8 Å². The Morgan fingerprint density at radius 2 is 1.81 bits per heavy atom. The highest BCUT2D eigenvalue weighted by Gasteiger charge is 2.40. The van der Waals surface area contributed by atoms with Gasteiger partial charge in [-0.3, -0.25) is 9.59 Å². The molecular formula is C15H23FN2O3. The van der Waals surface area contributed by atoms with E-state index in [9.17, 15) is 14.0 Å². The van der Waals surface area contributed by atoms with Crippen LogP contribution in [-0.4, -0.2) is 42.5 Å². The third-order valence-corrected chi connectivity index (χ3v) is 4.42. The number of carbonyl (C=O) groups excluding carboxylic acids is 2. The Balaban J connectivity index is 1.93. The van der Waals surface area contributed by atoms with Crippen molar-refractivity contribution in [2.45, 2.75) is 39.2 Å². The molecule has 0 bridgehead atoms. The van der Waals surface area contributed by atoms with Gasteiger partial charge in [-0.1, -0.05) is 0 Å². The highest BCUT2D eigenvalue weighted by molar-refractivity contribution is 5.91. The Hall–Kier alpha value is -1.43. The van der Waals surface area contributed by atoms with Gasteiger partial charge < -0.3 is 15.4 Å². The van der Waals surface area contributed by atoms with E-state index in [1.54, 1.807) is 13.8 Å². The number of rotatable bonds is 3. The molecule has 0 aromatic carbocycles. The fraction of sp³-hybridized carbons (Fsp3) is 0.733. The fourth-order valence-electron chi connectivity index (χ4n) is 3.16. The number of allylic oxidation sites excluding steroid dienone is 1. The lowest BCUT2D eigenvalue weighted by Crippen LogP contribution is -2.44. The molecule has 2 N–H and O–H groups in total. The summed E-state index contributed by atoms with van der Waals surface area (Å²) in [6.07, 6.45) is 1.96. The number of hydrogen-bond acceptors (Lipinski definition) is 3. The Bertz CT molecular complexity index is 452. The molecule has 0 spiro atoms. The summed E-state index contributed by atoms with van der Waals surface area (Å²) in [5, 5.41) is 0. The third kappa shape index (κ3) is 3.43. The highest BCUT2D eigenvalue weighted by atomic mass is 19.1. The van der Waals surface area contributed by atoms with E-state index < -0.39 is 11.7 Å². The van der Waals surface area contributed by atoms with Gasteiger partial charge in [0.15, 0.2) is 5.83 Å². The van der Waals surface area contributed by atoms with E-state index in [0.29, 0.717) is 31.7 Å². The minimum atomic E-state index is -0.666. The van der Waals surface area contributed by atoms with Crippen molar-refractivity contribution in [2.75, 3.05) is 19.7 Å². The molecule has 0 aromatic rings. The molecule has 2 heterocycles. The molecule has 0 aromatic heterocycles. The van der Waals surface area contributed by atoms with Gasteiger partial charge in [0, 0.05) is 19.7 Å². The number of piperidine rings is 1. The zero-order valence-corrected chi connectivity index (χ0v) is 12.6. The predicted octanol–water partition coefficient (Wildman–Crippen LogP) is 1.38. The molecule has 2 amide bonds. The molecule has 2 aliphatic heterocycles. The fourth-order valence-corrected chi connectivity index (χ4v) is 3.16. The number of nitrogens with zero attached hydrogens (tertiary/aromatic N) is 1. The molecule has 2 saturated heterocycles. The number of likely N-dealkylation sites (tertiary alicyclic amines) is 1. The molecule has 21 heavy (non-hydrogen) atoms. The van der Waals surface area contributed by atoms with Crippen molar-refractivity contribution < 1.29 is 18.7 Å². The van der Waals surface area contributed by atoms with Gasteiger partial charge in [0.1, 0.15) is 0 Å². The Kier molecular flexibility index (Phi) is 4.98. The molecule has 0 unspecified atom stereocenters. The van der Waals surface area contributed by atoms with Crippen LogP contribution in [0.25, 0.3) is 0 Å². The average molecular weight is 298 g/mol. The first-order valence-corrected chi connectivity index (χ1v) is 7.45. The smallest absolute Gasteiger partial charge is 0.282 e. The maximum Gasteiger partial charge on any atom is 0.282 e. The van der Waals surface area contributed by atoms with Crippen molar-refractivity contribution in [1.29, 1.82) is 0 Å². The average Bonchev–Trinajstić information content (AvgIpc) is 2.95. The number of carbonyl (C=O) groups is 2. The first-order valence-electron chi connectivity index (χ1n) is 7.45. The van der Waals surface area contributed by atoms with E-state index in [-0.39, 0.29) is 23.8 Å². The standard InChI is InChI=1S/C15H23FN2O3/c1-9(2)12(16)15(20)18-6-3-10(4-7-18)13-11(14(17)19)5-8-21-13/h10-11,13H,3-8H2,1-2H3,(H2,17,19)/t11-,13+/m0/s1. The normalized spacial score (nSPS) is 26.7. The van der Waals surface area contributed by atoms with Crippen LogP contribution in [0.4, 0.5) is 4.39 Å². The van der Waals surface area contributed by atoms with Crippen LogP contribution in [0.5, 0.6) is 0 Å². The van der Waals surface area contributed by atoms with Gasteiger partial charge >= 0.3 is 0 Å². The molecule has 0 radical (unpaired) electrons. The van der Waals surface area contributed by atoms with Crippen LogP contribution in [0.2, 0.25) is 0 Å². The van der Waals surface area contributed by atoms with Crippen molar-refractivity contribution >= 4 is 11.8 Å². The molecule has 2 aliphatic rings. The van der Waals surface area contributed by atoms with Crippen LogP contribution < -0.4 is 5.73 Å². The molecule has 2 atom stereocenters. The van der Waals surface area contributed by atoms with Crippen LogP contribution in [0.1, 0.15) is 33.1 Å². The largest absolute Gasteiger partial charge is 0.377 e. The highest BCUT2D eigenvalue weighted by Crippen LogP contribution is 2.33. The second-order valence-electron chi connectivity index (χ2n) is 6.08. The van der Waals surface area contributed by atoms with Gasteiger partial charge in [0.25, 0.3) is 5.91 Å². The van der Waals surface area contributed by atoms with Gasteiger partial charge in [-0.15, -0.1) is 0 Å². The van der Waals surface area contributed by atoms with Crippen molar-refractivity contribution in [1.82, 2.24) is 4.90 Å². The van der Waals surface area contributed by atoms with Crippen LogP contribution in [-0.2, 0) is 14.3 Å². The maximum absolute atomic E-state index is 13.7. The first-order chi connectivity index (χ1) is 9.91. The van der Waals surface area contributed by atoms with Crippen LogP contribution >= 0.6 is 0 Å². The second-order valence-corrected chi connectivity index (χ2v) is 6.08. The molecule has 2 rings (SSSR count). The number of halogens is 1. The van der Waals surface area contributed by atoms with E-state index in [1.165, 1.54) is 4.90 Å². The number of nitrogens with two attached hydrogens (primary N) is 1. The summed E-state index contributed by atoms with van der Waals surface area (Å²) in [5.41, 5.74) is 5.80. The number of primary amides is 1. The van der Waals surface area contributed by atoms with E-state index in [1.807, 2.05) is 0 Å². The molecular weight excluding hydrogens is 275 g/mol. The summed E-state index contributed by atoms with van der Waals surface area (Å²) in [6.45, 7) is 4.72. The number of ether oxygens (including phenoxy) is 1. The summed E-state index contributed by atoms with van der Waals surface area (Å²) in [6, 6.07) is 0. The van der Waals surface area contributed by atoms with E-state index in [2.05, 4.69) is 0 Å². The Morgan fingerprint density at radius 1 is 1.19 bits per heavy atom. The summed E-state index contributed by atoms with van der Waals surface area (Å²) < 4.78 is 19.3. The molecule has 2 fully saturated rings. The van der Waals surface area contributed by atoms with Crippen LogP contribution in [0.3, 0.4) is 0 Å². The second kappa shape index (κ2) is 6.56. The van der Waals surface area contributed by atoms with Crippen molar-refractivity contribution in [2.24, 2.45) is 17.6 Å². The van der Waals surface area contributed by atoms with Crippen LogP contribution in [0, 0.1) is 11.8 Å². The number of amides is 2. The zero-order chi connectivity index (χ0) is 15.6. The third-order valence-electron chi connectivity index (χ3n) is 4.42. The Labute approximate surface area is 124 Å². The minimum Gasteiger partial charge on any atom is -0.377 e. The van der Waals surface area contributed by atoms with Crippen molar-refractivity contribution in [3.8, 4) is 0 Å². The predicted molar refractivity (Wildman–Crippen MR) is 75.8 cm³/mol. The summed E-state index contributed by atoms with van der Waals surface area (Å²) in [7, 11) is 0. The van der Waals surface area contributed by atoms with Crippen LogP contribution in [0.15, 0.2) is 11.4 Å². The van der Waals surface area contributed by atoms with Gasteiger partial charge in [0.05, 0.1) is 12.0 Å². The zero-order valence-electron chi connectivity index (χ0n) is 12.6. The first kappa shape index (κ1) is 15.9.